The molecule has 0 bridgehead atoms. The summed E-state index contributed by atoms with van der Waals surface area (Å²) >= 11 is 1.78. The van der Waals surface area contributed by atoms with Gasteiger partial charge in [-0.3, -0.25) is 0 Å². The van der Waals surface area contributed by atoms with Crippen molar-refractivity contribution in [2.24, 2.45) is 0 Å². The molecule has 0 amide bonds. The van der Waals surface area contributed by atoms with Crippen molar-refractivity contribution in [1.29, 1.82) is 0 Å². The second-order valence-electron chi connectivity index (χ2n) is 5.41. The molecular formula is C16H21N3S. The first-order valence-corrected chi connectivity index (χ1v) is 8.30. The van der Waals surface area contributed by atoms with E-state index in [4.69, 9.17) is 0 Å². The van der Waals surface area contributed by atoms with Crippen LogP contribution >= 0.6 is 11.3 Å². The van der Waals surface area contributed by atoms with Gasteiger partial charge in [-0.05, 0) is 31.2 Å². The van der Waals surface area contributed by atoms with E-state index < -0.39 is 0 Å². The van der Waals surface area contributed by atoms with Crippen LogP contribution < -0.4 is 5.32 Å². The van der Waals surface area contributed by atoms with Gasteiger partial charge in [0.25, 0.3) is 0 Å². The molecule has 1 aromatic heterocycles. The zero-order valence-electron chi connectivity index (χ0n) is 11.7. The van der Waals surface area contributed by atoms with Crippen LogP contribution in [0.4, 0.5) is 0 Å². The molecule has 1 aliphatic carbocycles. The van der Waals surface area contributed by atoms with Gasteiger partial charge in [0, 0.05) is 25.4 Å². The highest BCUT2D eigenvalue weighted by Gasteiger charge is 2.19. The average Bonchev–Trinajstić information content (AvgIpc) is 3.19. The fraction of sp³-hybridized carbons (Fsp3) is 0.500. The molecule has 3 nitrogen and oxygen atoms in total. The lowest BCUT2D eigenvalue weighted by Crippen LogP contribution is -2.19. The Balaban J connectivity index is 1.38. The molecule has 1 aliphatic rings. The monoisotopic (exact) mass is 287 g/mol. The van der Waals surface area contributed by atoms with E-state index in [0.29, 0.717) is 0 Å². The van der Waals surface area contributed by atoms with Gasteiger partial charge in [0.2, 0.25) is 0 Å². The first kappa shape index (κ1) is 13.7. The first-order valence-electron chi connectivity index (χ1n) is 7.49. The number of hydrogen-bond donors (Lipinski definition) is 1. The van der Waals surface area contributed by atoms with Crippen molar-refractivity contribution in [3.63, 3.8) is 0 Å². The van der Waals surface area contributed by atoms with E-state index >= 15 is 0 Å². The molecule has 0 radical (unpaired) electrons. The lowest BCUT2D eigenvalue weighted by atomic mass is 10.1. The van der Waals surface area contributed by atoms with Gasteiger partial charge in [-0.15, -0.1) is 21.5 Å². The number of aryl methyl sites for hydroxylation is 2. The van der Waals surface area contributed by atoms with Gasteiger partial charge in [-0.1, -0.05) is 30.3 Å². The zero-order valence-corrected chi connectivity index (χ0v) is 12.5. The Morgan fingerprint density at radius 1 is 1.00 bits per heavy atom. The molecule has 1 N–H and O–H groups in total. The lowest BCUT2D eigenvalue weighted by molar-refractivity contribution is 0.677. The molecule has 0 spiro atoms. The number of aromatic nitrogens is 2. The summed E-state index contributed by atoms with van der Waals surface area (Å²) in [5.41, 5.74) is 1.41. The van der Waals surface area contributed by atoms with Crippen LogP contribution in [0.2, 0.25) is 0 Å². The first-order chi connectivity index (χ1) is 9.90. The van der Waals surface area contributed by atoms with Crippen molar-refractivity contribution in [2.45, 2.75) is 44.6 Å². The Morgan fingerprint density at radius 2 is 1.75 bits per heavy atom. The maximum absolute atomic E-state index is 4.30. The lowest BCUT2D eigenvalue weighted by Gasteiger charge is -1.99. The minimum Gasteiger partial charge on any atom is -0.314 e. The van der Waals surface area contributed by atoms with Crippen LogP contribution in [-0.2, 0) is 19.3 Å². The van der Waals surface area contributed by atoms with E-state index in [2.05, 4.69) is 45.8 Å². The van der Waals surface area contributed by atoms with E-state index in [1.165, 1.54) is 28.4 Å². The minimum absolute atomic E-state index is 0.785. The van der Waals surface area contributed by atoms with Crippen LogP contribution in [0.1, 0.15) is 34.8 Å². The summed E-state index contributed by atoms with van der Waals surface area (Å²) in [6, 6.07) is 11.4. The maximum atomic E-state index is 4.30. The van der Waals surface area contributed by atoms with E-state index in [9.17, 15) is 0 Å². The molecular weight excluding hydrogens is 266 g/mol. The van der Waals surface area contributed by atoms with Crippen LogP contribution in [0, 0.1) is 0 Å². The van der Waals surface area contributed by atoms with Crippen molar-refractivity contribution in [2.75, 3.05) is 6.54 Å². The predicted octanol–water partition coefficient (Wildman–Crippen LogP) is 3.01. The van der Waals surface area contributed by atoms with E-state index in [1.807, 2.05) is 0 Å². The Labute approximate surface area is 124 Å². The van der Waals surface area contributed by atoms with Gasteiger partial charge < -0.3 is 5.32 Å². The Morgan fingerprint density at radius 3 is 2.50 bits per heavy atom. The smallest absolute Gasteiger partial charge is 0.118 e. The van der Waals surface area contributed by atoms with Crippen LogP contribution in [0.25, 0.3) is 0 Å². The van der Waals surface area contributed by atoms with E-state index in [1.54, 1.807) is 11.3 Å². The average molecular weight is 287 g/mol. The van der Waals surface area contributed by atoms with Crippen molar-refractivity contribution >= 4 is 11.3 Å². The zero-order chi connectivity index (χ0) is 13.6. The summed E-state index contributed by atoms with van der Waals surface area (Å²) in [5.74, 6) is 0. The quantitative estimate of drug-likeness (QED) is 0.811. The molecule has 1 fully saturated rings. The predicted molar refractivity (Wildman–Crippen MR) is 83.1 cm³/mol. The molecule has 20 heavy (non-hydrogen) atoms. The molecule has 0 saturated heterocycles. The summed E-state index contributed by atoms with van der Waals surface area (Å²) in [6.45, 7) is 1.04. The topological polar surface area (TPSA) is 37.8 Å². The largest absolute Gasteiger partial charge is 0.314 e. The second kappa shape index (κ2) is 6.95. The Hall–Kier alpha value is -1.26. The fourth-order valence-electron chi connectivity index (χ4n) is 2.25. The van der Waals surface area contributed by atoms with Gasteiger partial charge in [-0.25, -0.2) is 0 Å². The molecule has 0 unspecified atom stereocenters. The summed E-state index contributed by atoms with van der Waals surface area (Å²) < 4.78 is 0. The number of rotatable bonds is 8. The SMILES string of the molecule is c1ccc(CCCc2nnc(CCNC3CC3)s2)cc1. The number of nitrogens with zero attached hydrogens (tertiary/aromatic N) is 2. The molecule has 3 rings (SSSR count). The summed E-state index contributed by atoms with van der Waals surface area (Å²) in [4.78, 5) is 0. The van der Waals surface area contributed by atoms with Gasteiger partial charge >= 0.3 is 0 Å². The van der Waals surface area contributed by atoms with Crippen LogP contribution in [-0.4, -0.2) is 22.8 Å². The van der Waals surface area contributed by atoms with Crippen LogP contribution in [0.15, 0.2) is 30.3 Å². The second-order valence-corrected chi connectivity index (χ2v) is 6.55. The number of benzene rings is 1. The molecule has 4 heteroatoms. The molecule has 0 atom stereocenters. The van der Waals surface area contributed by atoms with Crippen molar-refractivity contribution in [3.8, 4) is 0 Å². The Bertz CT molecular complexity index is 520. The summed E-state index contributed by atoms with van der Waals surface area (Å²) in [5, 5.41) is 14.5. The number of nitrogens with one attached hydrogen (secondary N) is 1. The third-order valence-corrected chi connectivity index (χ3v) is 4.60. The van der Waals surface area contributed by atoms with Gasteiger partial charge in [0.05, 0.1) is 0 Å². The molecule has 1 saturated carbocycles. The molecule has 106 valence electrons. The van der Waals surface area contributed by atoms with E-state index in [-0.39, 0.29) is 0 Å². The molecule has 0 aliphatic heterocycles. The highest BCUT2D eigenvalue weighted by Crippen LogP contribution is 2.19. The highest BCUT2D eigenvalue weighted by molar-refractivity contribution is 7.11. The van der Waals surface area contributed by atoms with Gasteiger partial charge in [0.1, 0.15) is 10.0 Å². The van der Waals surface area contributed by atoms with Gasteiger partial charge in [0.15, 0.2) is 0 Å². The van der Waals surface area contributed by atoms with Crippen molar-refractivity contribution in [3.05, 3.63) is 45.9 Å². The standard InChI is InChI=1S/C16H21N3S/c1-2-5-13(6-3-1)7-4-8-15-18-19-16(20-15)11-12-17-14-9-10-14/h1-3,5-6,14,17H,4,7-12H2. The van der Waals surface area contributed by atoms with Crippen LogP contribution in [0.5, 0.6) is 0 Å². The minimum atomic E-state index is 0.785. The van der Waals surface area contributed by atoms with Crippen molar-refractivity contribution < 1.29 is 0 Å². The van der Waals surface area contributed by atoms with E-state index in [0.717, 1.165) is 38.3 Å². The third-order valence-electron chi connectivity index (χ3n) is 3.56. The van der Waals surface area contributed by atoms with Crippen molar-refractivity contribution in [1.82, 2.24) is 15.5 Å². The van der Waals surface area contributed by atoms with Crippen LogP contribution in [0.3, 0.4) is 0 Å². The molecule has 2 aromatic rings. The molecule has 1 aromatic carbocycles. The normalized spacial score (nSPS) is 14.6. The van der Waals surface area contributed by atoms with Gasteiger partial charge in [-0.2, -0.15) is 0 Å². The highest BCUT2D eigenvalue weighted by atomic mass is 32.1. The fourth-order valence-corrected chi connectivity index (χ4v) is 3.14. The summed E-state index contributed by atoms with van der Waals surface area (Å²) in [6.07, 6.45) is 7.04. The molecule has 1 heterocycles. The maximum Gasteiger partial charge on any atom is 0.118 e. The summed E-state index contributed by atoms with van der Waals surface area (Å²) in [7, 11) is 0. The Kier molecular flexibility index (Phi) is 4.77. The number of hydrogen-bond acceptors (Lipinski definition) is 4. The third kappa shape index (κ3) is 4.39.